The van der Waals surface area contributed by atoms with Crippen LogP contribution in [-0.4, -0.2) is 28.8 Å². The minimum Gasteiger partial charge on any atom is -0.326 e. The van der Waals surface area contributed by atoms with Gasteiger partial charge in [-0.1, -0.05) is 22.0 Å². The summed E-state index contributed by atoms with van der Waals surface area (Å²) in [5.74, 6) is 0.142. The molecule has 0 bridgehead atoms. The van der Waals surface area contributed by atoms with Crippen molar-refractivity contribution >= 4 is 27.5 Å². The van der Waals surface area contributed by atoms with Gasteiger partial charge >= 0.3 is 0 Å². The maximum atomic E-state index is 12.7. The Morgan fingerprint density at radius 3 is 3.00 bits per heavy atom. The maximum Gasteiger partial charge on any atom is 0.229 e. The highest BCUT2D eigenvalue weighted by Crippen LogP contribution is 2.30. The van der Waals surface area contributed by atoms with Crippen LogP contribution in [0.4, 0.5) is 5.69 Å². The third kappa shape index (κ3) is 2.94. The van der Waals surface area contributed by atoms with Crippen molar-refractivity contribution < 1.29 is 4.79 Å². The standard InChI is InChI=1S/C16H19BrN4O/c1-10-14(17)4-3-5-15(10)20-16(22)13-8-18-7-12(13)11-6-19-21(2)9-11/h3-6,9,12-13,18H,7-8H2,1-2H3,(H,20,22)/t12-,13+/m1/s1. The maximum absolute atomic E-state index is 12.7. The average Bonchev–Trinajstić information content (AvgIpc) is 3.12. The summed E-state index contributed by atoms with van der Waals surface area (Å²) in [6.45, 7) is 3.49. The number of hydrogen-bond donors (Lipinski definition) is 2. The molecule has 0 spiro atoms. The number of rotatable bonds is 3. The van der Waals surface area contributed by atoms with Crippen molar-refractivity contribution in [1.82, 2.24) is 15.1 Å². The Bertz CT molecular complexity index is 697. The number of aromatic nitrogens is 2. The lowest BCUT2D eigenvalue weighted by molar-refractivity contribution is -0.119. The van der Waals surface area contributed by atoms with E-state index in [2.05, 4.69) is 31.7 Å². The summed E-state index contributed by atoms with van der Waals surface area (Å²) in [6.07, 6.45) is 3.84. The summed E-state index contributed by atoms with van der Waals surface area (Å²) in [5.41, 5.74) is 3.01. The molecule has 116 valence electrons. The normalized spacial score (nSPS) is 21.0. The fourth-order valence-electron chi connectivity index (χ4n) is 2.90. The second-order valence-electron chi connectivity index (χ2n) is 5.72. The molecule has 2 aromatic rings. The highest BCUT2D eigenvalue weighted by molar-refractivity contribution is 9.10. The van der Waals surface area contributed by atoms with E-state index in [0.717, 1.165) is 27.8 Å². The average molecular weight is 363 g/mol. The molecule has 5 nitrogen and oxygen atoms in total. The molecule has 0 aliphatic carbocycles. The van der Waals surface area contributed by atoms with Gasteiger partial charge in [0.25, 0.3) is 0 Å². The fraction of sp³-hybridized carbons (Fsp3) is 0.375. The van der Waals surface area contributed by atoms with E-state index in [-0.39, 0.29) is 17.7 Å². The number of benzene rings is 1. The van der Waals surface area contributed by atoms with Crippen LogP contribution in [0.3, 0.4) is 0 Å². The van der Waals surface area contributed by atoms with Gasteiger partial charge in [-0.3, -0.25) is 9.48 Å². The Kier molecular flexibility index (Phi) is 4.31. The first kappa shape index (κ1) is 15.2. The molecule has 2 heterocycles. The number of aryl methyl sites for hydroxylation is 1. The van der Waals surface area contributed by atoms with Crippen molar-refractivity contribution in [2.24, 2.45) is 13.0 Å². The lowest BCUT2D eigenvalue weighted by Crippen LogP contribution is -2.28. The van der Waals surface area contributed by atoms with Gasteiger partial charge in [-0.15, -0.1) is 0 Å². The zero-order chi connectivity index (χ0) is 15.7. The Morgan fingerprint density at radius 1 is 1.45 bits per heavy atom. The molecule has 1 aromatic heterocycles. The first-order chi connectivity index (χ1) is 10.6. The summed E-state index contributed by atoms with van der Waals surface area (Å²) >= 11 is 3.50. The van der Waals surface area contributed by atoms with E-state index < -0.39 is 0 Å². The number of carbonyl (C=O) groups excluding carboxylic acids is 1. The number of carbonyl (C=O) groups is 1. The summed E-state index contributed by atoms with van der Waals surface area (Å²) in [5, 5.41) is 10.6. The molecule has 0 saturated carbocycles. The number of anilines is 1. The van der Waals surface area contributed by atoms with Crippen LogP contribution in [-0.2, 0) is 11.8 Å². The van der Waals surface area contributed by atoms with E-state index in [0.29, 0.717) is 6.54 Å². The van der Waals surface area contributed by atoms with Crippen LogP contribution in [0.2, 0.25) is 0 Å². The molecule has 2 N–H and O–H groups in total. The molecule has 6 heteroatoms. The highest BCUT2D eigenvalue weighted by Gasteiger charge is 2.34. The zero-order valence-electron chi connectivity index (χ0n) is 12.6. The number of hydrogen-bond acceptors (Lipinski definition) is 3. The Hall–Kier alpha value is -1.66. The molecular formula is C16H19BrN4O. The predicted octanol–water partition coefficient (Wildman–Crippen LogP) is 2.43. The van der Waals surface area contributed by atoms with E-state index in [1.165, 1.54) is 0 Å². The van der Waals surface area contributed by atoms with Crippen LogP contribution < -0.4 is 10.6 Å². The minimum atomic E-state index is -0.0809. The van der Waals surface area contributed by atoms with Crippen LogP contribution in [0.5, 0.6) is 0 Å². The van der Waals surface area contributed by atoms with Gasteiger partial charge in [-0.05, 0) is 30.2 Å². The summed E-state index contributed by atoms with van der Waals surface area (Å²) in [6, 6.07) is 5.83. The molecule has 1 aliphatic heterocycles. The zero-order valence-corrected chi connectivity index (χ0v) is 14.2. The van der Waals surface area contributed by atoms with Crippen molar-refractivity contribution in [1.29, 1.82) is 0 Å². The monoisotopic (exact) mass is 362 g/mol. The number of nitrogens with one attached hydrogen (secondary N) is 2. The first-order valence-electron chi connectivity index (χ1n) is 7.31. The molecule has 1 saturated heterocycles. The van der Waals surface area contributed by atoms with Crippen LogP contribution >= 0.6 is 15.9 Å². The molecule has 1 fully saturated rings. The Morgan fingerprint density at radius 2 is 2.27 bits per heavy atom. The molecule has 1 amide bonds. The molecule has 2 atom stereocenters. The first-order valence-corrected chi connectivity index (χ1v) is 8.11. The van der Waals surface area contributed by atoms with Gasteiger partial charge in [0.15, 0.2) is 0 Å². The van der Waals surface area contributed by atoms with Crippen LogP contribution in [0.15, 0.2) is 35.1 Å². The smallest absolute Gasteiger partial charge is 0.229 e. The van der Waals surface area contributed by atoms with Crippen LogP contribution in [0.1, 0.15) is 17.0 Å². The van der Waals surface area contributed by atoms with E-state index >= 15 is 0 Å². The number of halogens is 1. The third-order valence-electron chi connectivity index (χ3n) is 4.23. The summed E-state index contributed by atoms with van der Waals surface area (Å²) in [4.78, 5) is 12.7. The predicted molar refractivity (Wildman–Crippen MR) is 89.8 cm³/mol. The van der Waals surface area contributed by atoms with Gasteiger partial charge in [-0.2, -0.15) is 5.10 Å². The van der Waals surface area contributed by atoms with Crippen LogP contribution in [0, 0.1) is 12.8 Å². The lowest BCUT2D eigenvalue weighted by atomic mass is 9.90. The molecule has 0 unspecified atom stereocenters. The largest absolute Gasteiger partial charge is 0.326 e. The summed E-state index contributed by atoms with van der Waals surface area (Å²) in [7, 11) is 1.89. The van der Waals surface area contributed by atoms with E-state index in [9.17, 15) is 4.79 Å². The molecule has 0 radical (unpaired) electrons. The Labute approximate surface area is 138 Å². The van der Waals surface area contributed by atoms with Gasteiger partial charge in [0.05, 0.1) is 12.1 Å². The van der Waals surface area contributed by atoms with Crippen LogP contribution in [0.25, 0.3) is 0 Å². The van der Waals surface area contributed by atoms with Crippen molar-refractivity contribution in [3.63, 3.8) is 0 Å². The second kappa shape index (κ2) is 6.22. The molecule has 1 aromatic carbocycles. The quantitative estimate of drug-likeness (QED) is 0.881. The van der Waals surface area contributed by atoms with Crippen molar-refractivity contribution in [3.8, 4) is 0 Å². The van der Waals surface area contributed by atoms with E-state index in [1.54, 1.807) is 4.68 Å². The molecule has 3 rings (SSSR count). The molecule has 22 heavy (non-hydrogen) atoms. The molecule has 1 aliphatic rings. The van der Waals surface area contributed by atoms with Gasteiger partial charge < -0.3 is 10.6 Å². The third-order valence-corrected chi connectivity index (χ3v) is 5.09. The molecular weight excluding hydrogens is 344 g/mol. The second-order valence-corrected chi connectivity index (χ2v) is 6.57. The number of nitrogens with zero attached hydrogens (tertiary/aromatic N) is 2. The minimum absolute atomic E-state index is 0.0556. The van der Waals surface area contributed by atoms with Gasteiger partial charge in [0, 0.05) is 42.4 Å². The highest BCUT2D eigenvalue weighted by atomic mass is 79.9. The van der Waals surface area contributed by atoms with Crippen molar-refractivity contribution in [3.05, 3.63) is 46.2 Å². The lowest BCUT2D eigenvalue weighted by Gasteiger charge is -2.18. The van der Waals surface area contributed by atoms with Crippen molar-refractivity contribution in [2.75, 3.05) is 18.4 Å². The van der Waals surface area contributed by atoms with E-state index in [4.69, 9.17) is 0 Å². The fourth-order valence-corrected chi connectivity index (χ4v) is 3.27. The SMILES string of the molecule is Cc1c(Br)cccc1NC(=O)[C@H]1CNC[C@@H]1c1cnn(C)c1. The topological polar surface area (TPSA) is 59.0 Å². The summed E-state index contributed by atoms with van der Waals surface area (Å²) < 4.78 is 2.78. The van der Waals surface area contributed by atoms with Gasteiger partial charge in [0.2, 0.25) is 5.91 Å². The number of amides is 1. The van der Waals surface area contributed by atoms with Gasteiger partial charge in [-0.25, -0.2) is 0 Å². The van der Waals surface area contributed by atoms with E-state index in [1.807, 2.05) is 44.6 Å². The van der Waals surface area contributed by atoms with Crippen molar-refractivity contribution in [2.45, 2.75) is 12.8 Å². The Balaban J connectivity index is 1.78. The van der Waals surface area contributed by atoms with Gasteiger partial charge in [0.1, 0.15) is 0 Å².